The van der Waals surface area contributed by atoms with Gasteiger partial charge in [0.25, 0.3) is 0 Å². The third-order valence-electron chi connectivity index (χ3n) is 1.14. The summed E-state index contributed by atoms with van der Waals surface area (Å²) in [5.74, 6) is -1.10. The van der Waals surface area contributed by atoms with Gasteiger partial charge >= 0.3 is 5.97 Å². The third-order valence-corrected chi connectivity index (χ3v) is 1.14. The predicted molar refractivity (Wildman–Crippen MR) is 41.2 cm³/mol. The van der Waals surface area contributed by atoms with Crippen molar-refractivity contribution < 1.29 is 14.3 Å². The van der Waals surface area contributed by atoms with Gasteiger partial charge in [-0.2, -0.15) is 0 Å². The molecule has 0 atom stereocenters. The Labute approximate surface area is 66.7 Å². The molecule has 0 unspecified atom stereocenters. The highest BCUT2D eigenvalue weighted by Crippen LogP contribution is 1.92. The topological polar surface area (TPSA) is 43.4 Å². The van der Waals surface area contributed by atoms with E-state index >= 15 is 0 Å². The Kier molecular flexibility index (Phi) is 5.43. The second-order valence-electron chi connectivity index (χ2n) is 2.31. The number of Topliss-reactive ketones (excluding diaryl/α,β-unsaturated/α-hetero) is 1. The van der Waals surface area contributed by atoms with Gasteiger partial charge in [0, 0.05) is 6.42 Å². The van der Waals surface area contributed by atoms with Crippen molar-refractivity contribution in [2.75, 3.05) is 6.61 Å². The molecular weight excluding hydrogens is 144 g/mol. The smallest absolute Gasteiger partial charge is 0.374 e. The number of rotatable bonds is 5. The second kappa shape index (κ2) is 5.89. The molecule has 0 aliphatic carbocycles. The SMILES string of the molecule is CCCOC(=O)C(=O)CCC. The van der Waals surface area contributed by atoms with Crippen LogP contribution in [0.1, 0.15) is 33.1 Å². The molecule has 0 rings (SSSR count). The molecule has 11 heavy (non-hydrogen) atoms. The van der Waals surface area contributed by atoms with E-state index in [0.29, 0.717) is 19.4 Å². The molecular formula is C8H14O3. The summed E-state index contributed by atoms with van der Waals surface area (Å²) in [6.45, 7) is 4.08. The van der Waals surface area contributed by atoms with Crippen molar-refractivity contribution in [1.29, 1.82) is 0 Å². The Morgan fingerprint density at radius 3 is 2.27 bits per heavy atom. The maximum Gasteiger partial charge on any atom is 0.374 e. The largest absolute Gasteiger partial charge is 0.460 e. The number of carbonyl (C=O) groups excluding carboxylic acids is 2. The third kappa shape index (κ3) is 4.53. The van der Waals surface area contributed by atoms with E-state index in [0.717, 1.165) is 6.42 Å². The lowest BCUT2D eigenvalue weighted by molar-refractivity contribution is -0.153. The van der Waals surface area contributed by atoms with Crippen LogP contribution in [0.15, 0.2) is 0 Å². The van der Waals surface area contributed by atoms with Crippen LogP contribution in [-0.2, 0) is 14.3 Å². The molecule has 0 aliphatic heterocycles. The fourth-order valence-electron chi connectivity index (χ4n) is 0.604. The van der Waals surface area contributed by atoms with E-state index in [-0.39, 0.29) is 0 Å². The van der Waals surface area contributed by atoms with Crippen LogP contribution in [-0.4, -0.2) is 18.4 Å². The summed E-state index contributed by atoms with van der Waals surface area (Å²) in [7, 11) is 0. The fourth-order valence-corrected chi connectivity index (χ4v) is 0.604. The average Bonchev–Trinajstić information content (AvgIpc) is 2.00. The summed E-state index contributed by atoms with van der Waals surface area (Å²) in [5.41, 5.74) is 0. The molecule has 0 aromatic carbocycles. The van der Waals surface area contributed by atoms with Crippen LogP contribution in [0.5, 0.6) is 0 Å². The molecule has 0 saturated carbocycles. The lowest BCUT2D eigenvalue weighted by Crippen LogP contribution is -2.17. The van der Waals surface area contributed by atoms with Crippen molar-refractivity contribution in [3.8, 4) is 0 Å². The van der Waals surface area contributed by atoms with Gasteiger partial charge in [-0.1, -0.05) is 13.8 Å². The molecule has 0 radical (unpaired) electrons. The van der Waals surface area contributed by atoms with Gasteiger partial charge in [-0.25, -0.2) is 4.79 Å². The van der Waals surface area contributed by atoms with E-state index in [4.69, 9.17) is 0 Å². The van der Waals surface area contributed by atoms with Crippen LogP contribution in [0.4, 0.5) is 0 Å². The van der Waals surface area contributed by atoms with Gasteiger partial charge in [-0.05, 0) is 12.8 Å². The maximum atomic E-state index is 10.8. The Morgan fingerprint density at radius 2 is 1.82 bits per heavy atom. The summed E-state index contributed by atoms with van der Waals surface area (Å²) < 4.78 is 4.62. The van der Waals surface area contributed by atoms with Crippen molar-refractivity contribution in [3.63, 3.8) is 0 Å². The molecule has 0 N–H and O–H groups in total. The van der Waals surface area contributed by atoms with E-state index < -0.39 is 11.8 Å². The Morgan fingerprint density at radius 1 is 1.18 bits per heavy atom. The molecule has 0 spiro atoms. The minimum absolute atomic E-state index is 0.294. The Balaban J connectivity index is 3.56. The highest BCUT2D eigenvalue weighted by molar-refractivity contribution is 6.33. The number of hydrogen-bond acceptors (Lipinski definition) is 3. The molecule has 0 aromatic heterocycles. The minimum atomic E-state index is -0.686. The second-order valence-corrected chi connectivity index (χ2v) is 2.31. The number of carbonyl (C=O) groups is 2. The van der Waals surface area contributed by atoms with Gasteiger partial charge in [-0.15, -0.1) is 0 Å². The highest BCUT2D eigenvalue weighted by Gasteiger charge is 2.12. The number of hydrogen-bond donors (Lipinski definition) is 0. The summed E-state index contributed by atoms with van der Waals surface area (Å²) in [6, 6.07) is 0. The summed E-state index contributed by atoms with van der Waals surface area (Å²) >= 11 is 0. The van der Waals surface area contributed by atoms with Gasteiger partial charge < -0.3 is 4.74 Å². The summed E-state index contributed by atoms with van der Waals surface area (Å²) in [6.07, 6.45) is 1.74. The maximum absolute atomic E-state index is 10.8. The normalized spacial score (nSPS) is 9.27. The molecule has 0 amide bonds. The summed E-state index contributed by atoms with van der Waals surface area (Å²) in [4.78, 5) is 21.5. The minimum Gasteiger partial charge on any atom is -0.460 e. The molecule has 64 valence electrons. The zero-order valence-corrected chi connectivity index (χ0v) is 7.05. The standard InChI is InChI=1S/C8H14O3/c1-3-5-7(9)8(10)11-6-4-2/h3-6H2,1-2H3. The number of ketones is 1. The van der Waals surface area contributed by atoms with Crippen molar-refractivity contribution >= 4 is 11.8 Å². The Bertz CT molecular complexity index is 140. The zero-order chi connectivity index (χ0) is 8.69. The first kappa shape index (κ1) is 10.1. The quantitative estimate of drug-likeness (QED) is 0.447. The lowest BCUT2D eigenvalue weighted by atomic mass is 10.2. The average molecular weight is 158 g/mol. The van der Waals surface area contributed by atoms with E-state index in [1.165, 1.54) is 0 Å². The first-order valence-corrected chi connectivity index (χ1v) is 3.92. The molecule has 0 aromatic rings. The first-order valence-electron chi connectivity index (χ1n) is 3.92. The van der Waals surface area contributed by atoms with E-state index in [9.17, 15) is 9.59 Å². The zero-order valence-electron chi connectivity index (χ0n) is 7.05. The van der Waals surface area contributed by atoms with Gasteiger partial charge in [0.15, 0.2) is 0 Å². The number of ether oxygens (including phenoxy) is 1. The monoisotopic (exact) mass is 158 g/mol. The van der Waals surface area contributed by atoms with E-state index in [2.05, 4.69) is 4.74 Å². The van der Waals surface area contributed by atoms with Crippen molar-refractivity contribution in [3.05, 3.63) is 0 Å². The van der Waals surface area contributed by atoms with Crippen LogP contribution >= 0.6 is 0 Å². The number of esters is 1. The van der Waals surface area contributed by atoms with Crippen LogP contribution in [0.2, 0.25) is 0 Å². The van der Waals surface area contributed by atoms with E-state index in [1.807, 2.05) is 13.8 Å². The van der Waals surface area contributed by atoms with Gasteiger partial charge in [-0.3, -0.25) is 4.79 Å². The van der Waals surface area contributed by atoms with E-state index in [1.54, 1.807) is 0 Å². The van der Waals surface area contributed by atoms with Gasteiger partial charge in [0.2, 0.25) is 5.78 Å². The van der Waals surface area contributed by atoms with Crippen molar-refractivity contribution in [2.45, 2.75) is 33.1 Å². The van der Waals surface area contributed by atoms with Crippen LogP contribution in [0.3, 0.4) is 0 Å². The molecule has 0 fully saturated rings. The molecule has 0 heterocycles. The predicted octanol–water partition coefficient (Wildman–Crippen LogP) is 1.31. The molecule has 3 nitrogen and oxygen atoms in total. The van der Waals surface area contributed by atoms with Crippen LogP contribution in [0.25, 0.3) is 0 Å². The van der Waals surface area contributed by atoms with Crippen molar-refractivity contribution in [2.24, 2.45) is 0 Å². The van der Waals surface area contributed by atoms with Crippen LogP contribution in [0, 0.1) is 0 Å². The van der Waals surface area contributed by atoms with Gasteiger partial charge in [0.05, 0.1) is 6.61 Å². The Hall–Kier alpha value is -0.860. The molecule has 0 aliphatic rings. The molecule has 3 heteroatoms. The fraction of sp³-hybridized carbons (Fsp3) is 0.750. The van der Waals surface area contributed by atoms with Crippen LogP contribution < -0.4 is 0 Å². The highest BCUT2D eigenvalue weighted by atomic mass is 16.5. The van der Waals surface area contributed by atoms with Crippen molar-refractivity contribution in [1.82, 2.24) is 0 Å². The molecule has 0 bridgehead atoms. The molecule has 0 saturated heterocycles. The summed E-state index contributed by atoms with van der Waals surface area (Å²) in [5, 5.41) is 0. The lowest BCUT2D eigenvalue weighted by Gasteiger charge is -1.99. The van der Waals surface area contributed by atoms with Gasteiger partial charge in [0.1, 0.15) is 0 Å². The first-order chi connectivity index (χ1) is 5.22.